The lowest BCUT2D eigenvalue weighted by Gasteiger charge is -2.09. The molecular formula is C16H14ClN3O3. The molecule has 2 aromatic heterocycles. The zero-order valence-corrected chi connectivity index (χ0v) is 13.4. The van der Waals surface area contributed by atoms with Crippen molar-refractivity contribution in [1.29, 1.82) is 0 Å². The molecule has 0 amide bonds. The number of aldehydes is 1. The summed E-state index contributed by atoms with van der Waals surface area (Å²) in [6.07, 6.45) is 2.18. The summed E-state index contributed by atoms with van der Waals surface area (Å²) in [5, 5.41) is 5.48. The third-order valence-electron chi connectivity index (χ3n) is 3.47. The van der Waals surface area contributed by atoms with Crippen LogP contribution in [0.5, 0.6) is 11.6 Å². The van der Waals surface area contributed by atoms with E-state index in [0.29, 0.717) is 28.6 Å². The quantitative estimate of drug-likeness (QED) is 0.672. The fourth-order valence-electron chi connectivity index (χ4n) is 2.28. The molecule has 0 spiro atoms. The number of aromatic nitrogens is 3. The van der Waals surface area contributed by atoms with Gasteiger partial charge in [-0.25, -0.2) is 4.98 Å². The van der Waals surface area contributed by atoms with E-state index in [1.165, 1.54) is 19.4 Å². The number of carbonyl (C=O) groups is 1. The fraction of sp³-hybridized carbons (Fsp3) is 0.188. The van der Waals surface area contributed by atoms with Gasteiger partial charge < -0.3 is 9.47 Å². The number of benzene rings is 1. The SMILES string of the molecule is COc1cc(C=O)c(OCc2ccc3c(c2)c(Cl)nn3C)cn1. The van der Waals surface area contributed by atoms with Crippen molar-refractivity contribution in [2.24, 2.45) is 7.05 Å². The van der Waals surface area contributed by atoms with Crippen molar-refractivity contribution in [3.8, 4) is 11.6 Å². The lowest BCUT2D eigenvalue weighted by atomic mass is 10.2. The monoisotopic (exact) mass is 331 g/mol. The molecule has 7 heteroatoms. The molecule has 0 saturated heterocycles. The predicted molar refractivity (Wildman–Crippen MR) is 86.2 cm³/mol. The van der Waals surface area contributed by atoms with Gasteiger partial charge in [0.25, 0.3) is 0 Å². The van der Waals surface area contributed by atoms with Gasteiger partial charge in [-0.3, -0.25) is 9.48 Å². The van der Waals surface area contributed by atoms with Crippen LogP contribution in [0.2, 0.25) is 5.15 Å². The fourth-order valence-corrected chi connectivity index (χ4v) is 2.55. The highest BCUT2D eigenvalue weighted by Crippen LogP contribution is 2.25. The summed E-state index contributed by atoms with van der Waals surface area (Å²) in [7, 11) is 3.33. The van der Waals surface area contributed by atoms with Gasteiger partial charge in [-0.15, -0.1) is 0 Å². The second kappa shape index (κ2) is 6.26. The van der Waals surface area contributed by atoms with Crippen LogP contribution in [0.1, 0.15) is 15.9 Å². The Hall–Kier alpha value is -2.60. The number of hydrogen-bond acceptors (Lipinski definition) is 5. The largest absolute Gasteiger partial charge is 0.487 e. The molecule has 0 radical (unpaired) electrons. The number of rotatable bonds is 5. The molecule has 0 unspecified atom stereocenters. The van der Waals surface area contributed by atoms with Crippen LogP contribution in [0.25, 0.3) is 10.9 Å². The van der Waals surface area contributed by atoms with Crippen molar-refractivity contribution in [3.63, 3.8) is 0 Å². The van der Waals surface area contributed by atoms with Crippen LogP contribution in [0.4, 0.5) is 0 Å². The number of carbonyl (C=O) groups excluding carboxylic acids is 1. The summed E-state index contributed by atoms with van der Waals surface area (Å²) in [5.41, 5.74) is 2.25. The molecule has 23 heavy (non-hydrogen) atoms. The lowest BCUT2D eigenvalue weighted by Crippen LogP contribution is -2.00. The maximum atomic E-state index is 11.1. The third-order valence-corrected chi connectivity index (χ3v) is 3.75. The summed E-state index contributed by atoms with van der Waals surface area (Å²) in [6.45, 7) is 0.288. The molecule has 0 fully saturated rings. The molecule has 0 aliphatic heterocycles. The minimum absolute atomic E-state index is 0.288. The van der Waals surface area contributed by atoms with Crippen LogP contribution in [0.15, 0.2) is 30.5 Å². The van der Waals surface area contributed by atoms with Crippen molar-refractivity contribution < 1.29 is 14.3 Å². The number of hydrogen-bond donors (Lipinski definition) is 0. The van der Waals surface area contributed by atoms with Crippen molar-refractivity contribution in [1.82, 2.24) is 14.8 Å². The zero-order valence-electron chi connectivity index (χ0n) is 12.6. The van der Waals surface area contributed by atoms with Crippen LogP contribution >= 0.6 is 11.6 Å². The first-order chi connectivity index (χ1) is 11.1. The van der Waals surface area contributed by atoms with E-state index >= 15 is 0 Å². The van der Waals surface area contributed by atoms with E-state index in [-0.39, 0.29) is 6.61 Å². The second-order valence-corrected chi connectivity index (χ2v) is 5.29. The van der Waals surface area contributed by atoms with Crippen molar-refractivity contribution in [3.05, 3.63) is 46.7 Å². The molecule has 1 aromatic carbocycles. The Labute approximate surface area is 137 Å². The zero-order chi connectivity index (χ0) is 16.4. The molecule has 3 aromatic rings. The minimum Gasteiger partial charge on any atom is -0.487 e. The Morgan fingerprint density at radius 3 is 2.91 bits per heavy atom. The molecule has 0 N–H and O–H groups in total. The van der Waals surface area contributed by atoms with Gasteiger partial charge in [-0.05, 0) is 17.7 Å². The van der Waals surface area contributed by atoms with Gasteiger partial charge in [0.05, 0.1) is 24.4 Å². The first kappa shape index (κ1) is 15.3. The molecule has 0 bridgehead atoms. The Bertz CT molecular complexity index is 876. The molecular weight excluding hydrogens is 318 g/mol. The number of halogens is 1. The first-order valence-electron chi connectivity index (χ1n) is 6.85. The van der Waals surface area contributed by atoms with Gasteiger partial charge in [0.2, 0.25) is 5.88 Å². The molecule has 118 valence electrons. The molecule has 0 aliphatic carbocycles. The summed E-state index contributed by atoms with van der Waals surface area (Å²) in [6, 6.07) is 7.31. The number of fused-ring (bicyclic) bond motifs is 1. The van der Waals surface area contributed by atoms with Gasteiger partial charge in [-0.2, -0.15) is 5.10 Å². The molecule has 3 rings (SSSR count). The molecule has 0 saturated carbocycles. The normalized spacial score (nSPS) is 10.7. The predicted octanol–water partition coefficient (Wildman–Crippen LogP) is 3.02. The first-order valence-corrected chi connectivity index (χ1v) is 7.23. The highest BCUT2D eigenvalue weighted by Gasteiger charge is 2.09. The summed E-state index contributed by atoms with van der Waals surface area (Å²) >= 11 is 6.11. The molecule has 6 nitrogen and oxygen atoms in total. The number of nitrogens with zero attached hydrogens (tertiary/aromatic N) is 3. The standard InChI is InChI=1S/C16H14ClN3O3/c1-20-13-4-3-10(5-12(13)16(17)19-20)9-23-14-7-18-15(22-2)6-11(14)8-21/h3-8H,9H2,1-2H3. The third kappa shape index (κ3) is 2.98. The minimum atomic E-state index is 0.288. The van der Waals surface area contributed by atoms with Crippen LogP contribution in [0, 0.1) is 0 Å². The van der Waals surface area contributed by atoms with E-state index < -0.39 is 0 Å². The van der Waals surface area contributed by atoms with Crippen LogP contribution in [0.3, 0.4) is 0 Å². The number of ether oxygens (including phenoxy) is 2. The number of aryl methyl sites for hydroxylation is 1. The Morgan fingerprint density at radius 2 is 2.17 bits per heavy atom. The van der Waals surface area contributed by atoms with E-state index in [2.05, 4.69) is 10.1 Å². The summed E-state index contributed by atoms with van der Waals surface area (Å²) < 4.78 is 12.4. The molecule has 0 aliphatic rings. The summed E-state index contributed by atoms with van der Waals surface area (Å²) in [4.78, 5) is 15.2. The van der Waals surface area contributed by atoms with E-state index in [1.54, 1.807) is 4.68 Å². The van der Waals surface area contributed by atoms with E-state index in [9.17, 15) is 4.79 Å². The average molecular weight is 332 g/mol. The average Bonchev–Trinajstić information content (AvgIpc) is 2.86. The van der Waals surface area contributed by atoms with E-state index in [1.807, 2.05) is 25.2 Å². The highest BCUT2D eigenvalue weighted by atomic mass is 35.5. The van der Waals surface area contributed by atoms with Gasteiger partial charge in [0.1, 0.15) is 12.4 Å². The van der Waals surface area contributed by atoms with Gasteiger partial charge in [0, 0.05) is 18.5 Å². The van der Waals surface area contributed by atoms with Crippen molar-refractivity contribution in [2.45, 2.75) is 6.61 Å². The second-order valence-electron chi connectivity index (χ2n) is 4.94. The van der Waals surface area contributed by atoms with E-state index in [0.717, 1.165) is 16.5 Å². The lowest BCUT2D eigenvalue weighted by molar-refractivity contribution is 0.111. The Kier molecular flexibility index (Phi) is 4.16. The van der Waals surface area contributed by atoms with Gasteiger partial charge in [-0.1, -0.05) is 17.7 Å². The Morgan fingerprint density at radius 1 is 1.35 bits per heavy atom. The highest BCUT2D eigenvalue weighted by molar-refractivity contribution is 6.34. The summed E-state index contributed by atoms with van der Waals surface area (Å²) in [5.74, 6) is 0.765. The van der Waals surface area contributed by atoms with Gasteiger partial charge in [0.15, 0.2) is 11.4 Å². The van der Waals surface area contributed by atoms with Gasteiger partial charge >= 0.3 is 0 Å². The maximum absolute atomic E-state index is 11.1. The van der Waals surface area contributed by atoms with Crippen LogP contribution in [-0.2, 0) is 13.7 Å². The maximum Gasteiger partial charge on any atom is 0.213 e. The topological polar surface area (TPSA) is 66.2 Å². The van der Waals surface area contributed by atoms with E-state index in [4.69, 9.17) is 21.1 Å². The number of pyridine rings is 1. The van der Waals surface area contributed by atoms with Crippen molar-refractivity contribution >= 4 is 28.8 Å². The molecule has 2 heterocycles. The molecule has 0 atom stereocenters. The van der Waals surface area contributed by atoms with Crippen LogP contribution < -0.4 is 9.47 Å². The van der Waals surface area contributed by atoms with Crippen molar-refractivity contribution in [2.75, 3.05) is 7.11 Å². The van der Waals surface area contributed by atoms with Crippen LogP contribution in [-0.4, -0.2) is 28.2 Å². The smallest absolute Gasteiger partial charge is 0.213 e. The number of methoxy groups -OCH3 is 1. The Balaban J connectivity index is 1.83.